The maximum Gasteiger partial charge on any atom is 0.278 e. The molecule has 1 aromatic heterocycles. The van der Waals surface area contributed by atoms with Gasteiger partial charge >= 0.3 is 0 Å². The lowest BCUT2D eigenvalue weighted by atomic mass is 10.0. The third-order valence-electron chi connectivity index (χ3n) is 5.31. The van der Waals surface area contributed by atoms with Gasteiger partial charge in [-0.05, 0) is 36.4 Å². The molecular weight excluding hydrogens is 361 g/mol. The molecule has 1 saturated heterocycles. The van der Waals surface area contributed by atoms with Crippen LogP contribution in [0.3, 0.4) is 0 Å². The summed E-state index contributed by atoms with van der Waals surface area (Å²) >= 11 is 0. The summed E-state index contributed by atoms with van der Waals surface area (Å²) in [5.74, 6) is -0.546. The van der Waals surface area contributed by atoms with Crippen molar-refractivity contribution < 1.29 is 18.4 Å². The van der Waals surface area contributed by atoms with Gasteiger partial charge < -0.3 is 14.2 Å². The van der Waals surface area contributed by atoms with E-state index in [1.807, 2.05) is 4.90 Å². The van der Waals surface area contributed by atoms with E-state index in [1.165, 1.54) is 23.3 Å². The Balaban J connectivity index is 1.70. The van der Waals surface area contributed by atoms with E-state index in [-0.39, 0.29) is 24.2 Å². The molecule has 0 bridgehead atoms. The maximum absolute atomic E-state index is 13.4. The molecule has 2 aromatic rings. The Morgan fingerprint density at radius 1 is 1.00 bits per heavy atom. The fourth-order valence-electron chi connectivity index (χ4n) is 3.72. The van der Waals surface area contributed by atoms with Crippen LogP contribution in [0.2, 0.25) is 0 Å². The number of carbonyl (C=O) groups is 2. The van der Waals surface area contributed by atoms with Crippen LogP contribution in [0, 0.1) is 5.82 Å². The molecule has 146 valence electrons. The van der Waals surface area contributed by atoms with Gasteiger partial charge in [-0.3, -0.25) is 14.5 Å². The van der Waals surface area contributed by atoms with Crippen LogP contribution in [0.5, 0.6) is 0 Å². The van der Waals surface area contributed by atoms with Gasteiger partial charge in [-0.2, -0.15) is 0 Å². The zero-order valence-electron chi connectivity index (χ0n) is 15.7. The SMILES string of the molecule is CCN1CCN(C2=C(c3ccc(F)cc3)C(=O)N(Cc3ccco3)C2=O)CC1. The van der Waals surface area contributed by atoms with Gasteiger partial charge in [-0.15, -0.1) is 0 Å². The Morgan fingerprint density at radius 2 is 1.71 bits per heavy atom. The number of hydrogen-bond acceptors (Lipinski definition) is 5. The first kappa shape index (κ1) is 18.4. The first-order chi connectivity index (χ1) is 13.6. The zero-order valence-corrected chi connectivity index (χ0v) is 15.7. The molecule has 28 heavy (non-hydrogen) atoms. The van der Waals surface area contributed by atoms with E-state index >= 15 is 0 Å². The molecular formula is C21H22FN3O3. The molecule has 0 unspecified atom stereocenters. The Labute approximate surface area is 162 Å². The lowest BCUT2D eigenvalue weighted by molar-refractivity contribution is -0.138. The molecule has 1 aromatic carbocycles. The Hall–Kier alpha value is -2.93. The standard InChI is InChI=1S/C21H22FN3O3/c1-2-23-9-11-24(12-10-23)19-18(15-5-7-16(22)8-6-15)20(26)25(21(19)27)14-17-4-3-13-28-17/h3-8,13H,2,9-12,14H2,1H3. The van der Waals surface area contributed by atoms with Crippen molar-refractivity contribution in [1.82, 2.24) is 14.7 Å². The van der Waals surface area contributed by atoms with E-state index in [0.29, 0.717) is 35.7 Å². The van der Waals surface area contributed by atoms with Crippen molar-refractivity contribution >= 4 is 17.4 Å². The van der Waals surface area contributed by atoms with Gasteiger partial charge in [0.25, 0.3) is 11.8 Å². The quantitative estimate of drug-likeness (QED) is 0.742. The van der Waals surface area contributed by atoms with E-state index in [9.17, 15) is 14.0 Å². The summed E-state index contributed by atoms with van der Waals surface area (Å²) in [5.41, 5.74) is 1.29. The monoisotopic (exact) mass is 383 g/mol. The number of amides is 2. The predicted molar refractivity (Wildman–Crippen MR) is 101 cm³/mol. The normalized spacial score (nSPS) is 18.5. The number of furan rings is 1. The molecule has 2 aliphatic rings. The average Bonchev–Trinajstić information content (AvgIpc) is 3.31. The molecule has 0 atom stereocenters. The van der Waals surface area contributed by atoms with Gasteiger partial charge in [0.05, 0.1) is 18.4 Å². The van der Waals surface area contributed by atoms with Crippen LogP contribution >= 0.6 is 0 Å². The molecule has 0 radical (unpaired) electrons. The van der Waals surface area contributed by atoms with Crippen molar-refractivity contribution in [3.8, 4) is 0 Å². The second-order valence-corrected chi connectivity index (χ2v) is 6.93. The van der Waals surface area contributed by atoms with Crippen molar-refractivity contribution in [2.75, 3.05) is 32.7 Å². The summed E-state index contributed by atoms with van der Waals surface area (Å²) in [5, 5.41) is 0. The van der Waals surface area contributed by atoms with Crippen molar-refractivity contribution in [2.24, 2.45) is 0 Å². The van der Waals surface area contributed by atoms with Crippen LogP contribution in [0.1, 0.15) is 18.2 Å². The van der Waals surface area contributed by atoms with E-state index in [4.69, 9.17) is 4.42 Å². The number of benzene rings is 1. The lowest BCUT2D eigenvalue weighted by Crippen LogP contribution is -2.47. The minimum atomic E-state index is -0.383. The number of halogens is 1. The van der Waals surface area contributed by atoms with Crippen molar-refractivity contribution in [2.45, 2.75) is 13.5 Å². The number of carbonyl (C=O) groups excluding carboxylic acids is 2. The van der Waals surface area contributed by atoms with Crippen LogP contribution < -0.4 is 0 Å². The van der Waals surface area contributed by atoms with Crippen LogP contribution in [0.25, 0.3) is 5.57 Å². The minimum absolute atomic E-state index is 0.0772. The Morgan fingerprint density at radius 3 is 2.32 bits per heavy atom. The highest BCUT2D eigenvalue weighted by atomic mass is 19.1. The highest BCUT2D eigenvalue weighted by Crippen LogP contribution is 2.33. The van der Waals surface area contributed by atoms with E-state index in [0.717, 1.165) is 19.6 Å². The first-order valence-corrected chi connectivity index (χ1v) is 9.44. The number of piperazine rings is 1. The van der Waals surface area contributed by atoms with Gasteiger partial charge in [0.1, 0.15) is 17.3 Å². The van der Waals surface area contributed by atoms with Gasteiger partial charge in [0.15, 0.2) is 0 Å². The number of likely N-dealkylation sites (N-methyl/N-ethyl adjacent to an activating group) is 1. The largest absolute Gasteiger partial charge is 0.467 e. The molecule has 0 saturated carbocycles. The molecule has 2 aliphatic heterocycles. The van der Waals surface area contributed by atoms with Crippen molar-refractivity contribution in [1.29, 1.82) is 0 Å². The molecule has 7 heteroatoms. The average molecular weight is 383 g/mol. The van der Waals surface area contributed by atoms with E-state index < -0.39 is 0 Å². The number of nitrogens with zero attached hydrogens (tertiary/aromatic N) is 3. The third-order valence-corrected chi connectivity index (χ3v) is 5.31. The summed E-state index contributed by atoms with van der Waals surface area (Å²) in [7, 11) is 0. The second-order valence-electron chi connectivity index (χ2n) is 6.93. The molecule has 2 amide bonds. The smallest absolute Gasteiger partial charge is 0.278 e. The fourth-order valence-corrected chi connectivity index (χ4v) is 3.72. The topological polar surface area (TPSA) is 57.0 Å². The number of imide groups is 1. The van der Waals surface area contributed by atoms with Gasteiger partial charge in [0, 0.05) is 26.2 Å². The Kier molecular flexibility index (Phi) is 5.00. The summed E-state index contributed by atoms with van der Waals surface area (Å²) < 4.78 is 18.7. The lowest BCUT2D eigenvalue weighted by Gasteiger charge is -2.35. The van der Waals surface area contributed by atoms with Crippen molar-refractivity contribution in [3.63, 3.8) is 0 Å². The highest BCUT2D eigenvalue weighted by Gasteiger charge is 2.42. The van der Waals surface area contributed by atoms with Crippen LogP contribution in [-0.4, -0.2) is 59.2 Å². The van der Waals surface area contributed by atoms with E-state index in [1.54, 1.807) is 24.3 Å². The third kappa shape index (κ3) is 3.33. The molecule has 3 heterocycles. The molecule has 0 aliphatic carbocycles. The Bertz CT molecular complexity index is 897. The summed E-state index contributed by atoms with van der Waals surface area (Å²) in [6.45, 7) is 6.13. The maximum atomic E-state index is 13.4. The zero-order chi connectivity index (χ0) is 19.7. The van der Waals surface area contributed by atoms with Crippen LogP contribution in [0.4, 0.5) is 4.39 Å². The van der Waals surface area contributed by atoms with Crippen LogP contribution in [-0.2, 0) is 16.1 Å². The fraction of sp³-hybridized carbons (Fsp3) is 0.333. The predicted octanol–water partition coefficient (Wildman–Crippen LogP) is 2.34. The summed E-state index contributed by atoms with van der Waals surface area (Å²) in [6, 6.07) is 9.17. The highest BCUT2D eigenvalue weighted by molar-refractivity contribution is 6.35. The summed E-state index contributed by atoms with van der Waals surface area (Å²) in [6.07, 6.45) is 1.51. The molecule has 0 N–H and O–H groups in total. The molecule has 4 rings (SSSR count). The summed E-state index contributed by atoms with van der Waals surface area (Å²) in [4.78, 5) is 31.9. The second kappa shape index (κ2) is 7.59. The van der Waals surface area contributed by atoms with Gasteiger partial charge in [0.2, 0.25) is 0 Å². The first-order valence-electron chi connectivity index (χ1n) is 9.44. The minimum Gasteiger partial charge on any atom is -0.467 e. The van der Waals surface area contributed by atoms with Crippen molar-refractivity contribution in [3.05, 3.63) is 65.5 Å². The molecule has 6 nitrogen and oxygen atoms in total. The number of hydrogen-bond donors (Lipinski definition) is 0. The molecule has 0 spiro atoms. The van der Waals surface area contributed by atoms with E-state index in [2.05, 4.69) is 11.8 Å². The molecule has 1 fully saturated rings. The van der Waals surface area contributed by atoms with Gasteiger partial charge in [-0.25, -0.2) is 4.39 Å². The van der Waals surface area contributed by atoms with Gasteiger partial charge in [-0.1, -0.05) is 19.1 Å². The number of rotatable bonds is 5. The van der Waals surface area contributed by atoms with Crippen LogP contribution in [0.15, 0.2) is 52.8 Å².